The Morgan fingerprint density at radius 1 is 1.00 bits per heavy atom. The highest BCUT2D eigenvalue weighted by molar-refractivity contribution is 5.79. The number of amides is 1. The van der Waals surface area contributed by atoms with E-state index in [9.17, 15) is 4.79 Å². The molecule has 2 fully saturated rings. The van der Waals surface area contributed by atoms with Gasteiger partial charge in [0.05, 0.1) is 24.8 Å². The molecular formula is C23H25N3O2. The lowest BCUT2D eigenvalue weighted by Crippen LogP contribution is -2.40. The van der Waals surface area contributed by atoms with Crippen LogP contribution in [0.3, 0.4) is 0 Å². The van der Waals surface area contributed by atoms with Crippen LogP contribution in [0.25, 0.3) is 0 Å². The van der Waals surface area contributed by atoms with Crippen LogP contribution in [-0.2, 0) is 22.6 Å². The third-order valence-corrected chi connectivity index (χ3v) is 5.63. The Balaban J connectivity index is 1.44. The van der Waals surface area contributed by atoms with Crippen molar-refractivity contribution in [3.63, 3.8) is 0 Å². The van der Waals surface area contributed by atoms with Crippen LogP contribution in [0, 0.1) is 16.7 Å². The molecule has 2 aromatic carbocycles. The van der Waals surface area contributed by atoms with Crippen LogP contribution in [0.1, 0.15) is 23.1 Å². The molecule has 0 radical (unpaired) electrons. The second-order valence-corrected chi connectivity index (χ2v) is 7.98. The number of carbonyl (C=O) groups is 1. The smallest absolute Gasteiger partial charge is 0.223 e. The lowest BCUT2D eigenvalue weighted by molar-refractivity contribution is -0.128. The van der Waals surface area contributed by atoms with Crippen molar-refractivity contribution < 1.29 is 9.53 Å². The number of nitrogens with zero attached hydrogens (tertiary/aromatic N) is 3. The average Bonchev–Trinajstić information content (AvgIpc) is 2.88. The zero-order valence-electron chi connectivity index (χ0n) is 16.0. The van der Waals surface area contributed by atoms with E-state index in [0.717, 1.165) is 31.7 Å². The van der Waals surface area contributed by atoms with E-state index >= 15 is 0 Å². The molecule has 2 aromatic rings. The van der Waals surface area contributed by atoms with Crippen molar-refractivity contribution in [2.24, 2.45) is 5.41 Å². The summed E-state index contributed by atoms with van der Waals surface area (Å²) in [6.07, 6.45) is 0.545. The quantitative estimate of drug-likeness (QED) is 0.825. The molecule has 5 nitrogen and oxygen atoms in total. The van der Waals surface area contributed by atoms with Crippen molar-refractivity contribution in [3.05, 3.63) is 71.3 Å². The fourth-order valence-corrected chi connectivity index (χ4v) is 4.29. The molecule has 0 N–H and O–H groups in total. The summed E-state index contributed by atoms with van der Waals surface area (Å²) in [7, 11) is 0. The van der Waals surface area contributed by atoms with Crippen LogP contribution < -0.4 is 0 Å². The summed E-state index contributed by atoms with van der Waals surface area (Å²) < 4.78 is 5.92. The van der Waals surface area contributed by atoms with E-state index in [2.05, 4.69) is 23.1 Å². The highest BCUT2D eigenvalue weighted by Crippen LogP contribution is 2.35. The average molecular weight is 375 g/mol. The summed E-state index contributed by atoms with van der Waals surface area (Å²) in [6.45, 7) is 5.24. The Morgan fingerprint density at radius 2 is 1.75 bits per heavy atom. The molecule has 1 amide bonds. The van der Waals surface area contributed by atoms with Crippen LogP contribution in [0.2, 0.25) is 0 Å². The first-order valence-corrected chi connectivity index (χ1v) is 9.77. The Hall–Kier alpha value is -2.68. The Labute approximate surface area is 166 Å². The fourth-order valence-electron chi connectivity index (χ4n) is 4.29. The standard InChI is InChI=1S/C23H25N3O2/c24-13-19-6-8-21(9-7-19)14-25-10-11-28-18-23(16-25)12-22(27)26(17-23)15-20-4-2-1-3-5-20/h1-9H,10-12,14-18H2/t23-/m1/s1. The van der Waals surface area contributed by atoms with Crippen LogP contribution in [0.15, 0.2) is 54.6 Å². The summed E-state index contributed by atoms with van der Waals surface area (Å²) >= 11 is 0. The van der Waals surface area contributed by atoms with Gasteiger partial charge in [0, 0.05) is 44.6 Å². The van der Waals surface area contributed by atoms with Crippen LogP contribution in [0.4, 0.5) is 0 Å². The van der Waals surface area contributed by atoms with Crippen molar-refractivity contribution in [3.8, 4) is 6.07 Å². The minimum Gasteiger partial charge on any atom is -0.379 e. The number of carbonyl (C=O) groups excluding carboxylic acids is 1. The number of hydrogen-bond acceptors (Lipinski definition) is 4. The predicted molar refractivity (Wildman–Crippen MR) is 106 cm³/mol. The number of benzene rings is 2. The number of rotatable bonds is 4. The molecule has 4 rings (SSSR count). The topological polar surface area (TPSA) is 56.6 Å². The van der Waals surface area contributed by atoms with E-state index in [1.165, 1.54) is 5.56 Å². The first-order chi connectivity index (χ1) is 13.7. The largest absolute Gasteiger partial charge is 0.379 e. The van der Waals surface area contributed by atoms with Gasteiger partial charge >= 0.3 is 0 Å². The lowest BCUT2D eigenvalue weighted by Gasteiger charge is -2.31. The molecule has 0 unspecified atom stereocenters. The van der Waals surface area contributed by atoms with Gasteiger partial charge in [-0.2, -0.15) is 5.26 Å². The second kappa shape index (κ2) is 8.14. The molecule has 28 heavy (non-hydrogen) atoms. The van der Waals surface area contributed by atoms with E-state index in [1.54, 1.807) is 0 Å². The molecule has 0 bridgehead atoms. The monoisotopic (exact) mass is 375 g/mol. The minimum atomic E-state index is -0.144. The van der Waals surface area contributed by atoms with E-state index in [1.807, 2.05) is 47.4 Å². The number of hydrogen-bond donors (Lipinski definition) is 0. The molecule has 1 atom stereocenters. The summed E-state index contributed by atoms with van der Waals surface area (Å²) in [5.74, 6) is 0.215. The van der Waals surface area contributed by atoms with E-state index in [-0.39, 0.29) is 11.3 Å². The van der Waals surface area contributed by atoms with Gasteiger partial charge in [0.25, 0.3) is 0 Å². The third kappa shape index (κ3) is 4.24. The maximum Gasteiger partial charge on any atom is 0.223 e. The molecule has 5 heteroatoms. The van der Waals surface area contributed by atoms with E-state index in [4.69, 9.17) is 10.00 Å². The molecule has 2 heterocycles. The SMILES string of the molecule is N#Cc1ccc(CN2CCOC[C@]3(CC(=O)N(Cc4ccccc4)C3)C2)cc1. The van der Waals surface area contributed by atoms with Crippen molar-refractivity contribution in [1.82, 2.24) is 9.80 Å². The van der Waals surface area contributed by atoms with Crippen molar-refractivity contribution in [2.45, 2.75) is 19.5 Å². The highest BCUT2D eigenvalue weighted by Gasteiger charge is 2.45. The molecule has 2 aliphatic heterocycles. The molecule has 2 saturated heterocycles. The van der Waals surface area contributed by atoms with Gasteiger partial charge in [0.15, 0.2) is 0 Å². The summed E-state index contributed by atoms with van der Waals surface area (Å²) in [6, 6.07) is 20.1. The van der Waals surface area contributed by atoms with Gasteiger partial charge in [0.1, 0.15) is 0 Å². The maximum atomic E-state index is 12.7. The van der Waals surface area contributed by atoms with E-state index in [0.29, 0.717) is 31.7 Å². The Kier molecular flexibility index (Phi) is 5.43. The molecule has 0 aromatic heterocycles. The van der Waals surface area contributed by atoms with Crippen LogP contribution in [-0.4, -0.2) is 48.6 Å². The molecule has 144 valence electrons. The first kappa shape index (κ1) is 18.7. The minimum absolute atomic E-state index is 0.144. The fraction of sp³-hybridized carbons (Fsp3) is 0.391. The van der Waals surface area contributed by atoms with Gasteiger partial charge in [-0.25, -0.2) is 0 Å². The summed E-state index contributed by atoms with van der Waals surface area (Å²) in [5, 5.41) is 8.97. The summed E-state index contributed by atoms with van der Waals surface area (Å²) in [5.41, 5.74) is 2.88. The van der Waals surface area contributed by atoms with Gasteiger partial charge in [-0.1, -0.05) is 42.5 Å². The van der Waals surface area contributed by atoms with Crippen LogP contribution in [0.5, 0.6) is 0 Å². The molecular weight excluding hydrogens is 350 g/mol. The van der Waals surface area contributed by atoms with Crippen molar-refractivity contribution in [2.75, 3.05) is 32.8 Å². The van der Waals surface area contributed by atoms with Gasteiger partial charge in [-0.15, -0.1) is 0 Å². The zero-order chi connectivity index (χ0) is 19.4. The maximum absolute atomic E-state index is 12.7. The highest BCUT2D eigenvalue weighted by atomic mass is 16.5. The Morgan fingerprint density at radius 3 is 2.50 bits per heavy atom. The Bertz CT molecular complexity index is 860. The third-order valence-electron chi connectivity index (χ3n) is 5.63. The molecule has 2 aliphatic rings. The van der Waals surface area contributed by atoms with Crippen molar-refractivity contribution in [1.29, 1.82) is 5.26 Å². The number of ether oxygens (including phenoxy) is 1. The predicted octanol–water partition coefficient (Wildman–Crippen LogP) is 2.81. The van der Waals surface area contributed by atoms with E-state index < -0.39 is 0 Å². The van der Waals surface area contributed by atoms with Gasteiger partial charge < -0.3 is 9.64 Å². The van der Waals surface area contributed by atoms with Crippen molar-refractivity contribution >= 4 is 5.91 Å². The molecule has 1 spiro atoms. The molecule has 0 aliphatic carbocycles. The zero-order valence-corrected chi connectivity index (χ0v) is 16.0. The second-order valence-electron chi connectivity index (χ2n) is 7.98. The number of likely N-dealkylation sites (tertiary alicyclic amines) is 1. The normalized spacial score (nSPS) is 23.0. The van der Waals surface area contributed by atoms with Gasteiger partial charge in [-0.3, -0.25) is 9.69 Å². The van der Waals surface area contributed by atoms with Crippen LogP contribution >= 0.6 is 0 Å². The molecule has 0 saturated carbocycles. The first-order valence-electron chi connectivity index (χ1n) is 9.77. The number of nitriles is 1. The summed E-state index contributed by atoms with van der Waals surface area (Å²) in [4.78, 5) is 17.1. The lowest BCUT2D eigenvalue weighted by atomic mass is 9.87. The van der Waals surface area contributed by atoms with Gasteiger partial charge in [-0.05, 0) is 23.3 Å². The van der Waals surface area contributed by atoms with Gasteiger partial charge in [0.2, 0.25) is 5.91 Å².